The molecule has 18 heavy (non-hydrogen) atoms. The highest BCUT2D eigenvalue weighted by Gasteiger charge is 2.35. The van der Waals surface area contributed by atoms with Crippen LogP contribution in [-0.2, 0) is 0 Å². The van der Waals surface area contributed by atoms with E-state index in [4.69, 9.17) is 0 Å². The molecule has 0 aromatic carbocycles. The van der Waals surface area contributed by atoms with Crippen molar-refractivity contribution in [2.75, 3.05) is 0 Å². The summed E-state index contributed by atoms with van der Waals surface area (Å²) in [7, 11) is 0. The van der Waals surface area contributed by atoms with Crippen molar-refractivity contribution < 1.29 is 0 Å². The Morgan fingerprint density at radius 2 is 0.778 bits per heavy atom. The third-order valence-corrected chi connectivity index (χ3v) is 13.6. The molecule has 1 aliphatic rings. The van der Waals surface area contributed by atoms with Crippen molar-refractivity contribution in [3.63, 3.8) is 0 Å². The van der Waals surface area contributed by atoms with Gasteiger partial charge >= 0.3 is 0 Å². The predicted octanol–water partition coefficient (Wildman–Crippen LogP) is 6.92. The fourth-order valence-electron chi connectivity index (χ4n) is 2.10. The molecule has 0 saturated heterocycles. The topological polar surface area (TPSA) is 0 Å². The molecule has 1 rings (SSSR count). The largest absolute Gasteiger partial charge is 0.0878 e. The average molecular weight is 642 g/mol. The van der Waals surface area contributed by atoms with E-state index in [2.05, 4.69) is 95.6 Å². The maximum atomic E-state index is 3.84. The molecular weight excluding hydrogens is 624 g/mol. The van der Waals surface area contributed by atoms with E-state index in [0.29, 0.717) is 29.0 Å². The summed E-state index contributed by atoms with van der Waals surface area (Å²) in [5.41, 5.74) is 0. The summed E-state index contributed by atoms with van der Waals surface area (Å²) in [4.78, 5) is 2.70. The molecule has 108 valence electrons. The minimum Gasteiger partial charge on any atom is -0.0878 e. The Morgan fingerprint density at radius 1 is 0.444 bits per heavy atom. The van der Waals surface area contributed by atoms with E-state index < -0.39 is 0 Å². The van der Waals surface area contributed by atoms with Crippen molar-refractivity contribution in [1.82, 2.24) is 0 Å². The van der Waals surface area contributed by atoms with Gasteiger partial charge in [-0.2, -0.15) is 0 Å². The minimum absolute atomic E-state index is 0.394. The summed E-state index contributed by atoms with van der Waals surface area (Å²) < 4.78 is 0. The molecule has 0 N–H and O–H groups in total. The molecule has 0 heterocycles. The van der Waals surface area contributed by atoms with E-state index in [1.54, 1.807) is 0 Å². The van der Waals surface area contributed by atoms with E-state index in [-0.39, 0.29) is 0 Å². The van der Waals surface area contributed by atoms with Gasteiger partial charge in [0, 0.05) is 29.0 Å². The zero-order valence-corrected chi connectivity index (χ0v) is 19.5. The van der Waals surface area contributed by atoms with Gasteiger partial charge in [-0.25, -0.2) is 0 Å². The van der Waals surface area contributed by atoms with Crippen LogP contribution in [0.25, 0.3) is 0 Å². The summed E-state index contributed by atoms with van der Waals surface area (Å²) >= 11 is 23.0. The minimum atomic E-state index is 0.394. The predicted molar refractivity (Wildman–Crippen MR) is 104 cm³/mol. The highest BCUT2D eigenvalue weighted by molar-refractivity contribution is 9.15. The van der Waals surface area contributed by atoms with Gasteiger partial charge in [0.15, 0.2) is 0 Å². The van der Waals surface area contributed by atoms with Gasteiger partial charge in [-0.15, -0.1) is 0 Å². The Bertz CT molecular complexity index is 213. The fourth-order valence-corrected chi connectivity index (χ4v) is 7.63. The van der Waals surface area contributed by atoms with Crippen LogP contribution in [0.5, 0.6) is 0 Å². The average Bonchev–Trinajstić information content (AvgIpc) is 2.37. The molecule has 0 aliphatic heterocycles. The van der Waals surface area contributed by atoms with Gasteiger partial charge in [0.1, 0.15) is 0 Å². The summed E-state index contributed by atoms with van der Waals surface area (Å²) in [6.45, 7) is 0. The molecular formula is C12H18Br6. The van der Waals surface area contributed by atoms with E-state index >= 15 is 0 Å². The lowest BCUT2D eigenvalue weighted by Gasteiger charge is -2.31. The lowest BCUT2D eigenvalue weighted by atomic mass is 10.0. The molecule has 6 heteroatoms. The molecule has 1 fully saturated rings. The first-order valence-corrected chi connectivity index (χ1v) is 11.8. The Balaban J connectivity index is 2.71. The van der Waals surface area contributed by atoms with E-state index in [1.807, 2.05) is 0 Å². The fraction of sp³-hybridized carbons (Fsp3) is 1.00. The van der Waals surface area contributed by atoms with Crippen LogP contribution in [0.1, 0.15) is 38.5 Å². The lowest BCUT2D eigenvalue weighted by Crippen LogP contribution is -2.39. The second kappa shape index (κ2) is 9.81. The van der Waals surface area contributed by atoms with Gasteiger partial charge in [-0.05, 0) is 12.8 Å². The first-order chi connectivity index (χ1) is 8.45. The Morgan fingerprint density at radius 3 is 1.11 bits per heavy atom. The number of hydrogen-bond donors (Lipinski definition) is 0. The lowest BCUT2D eigenvalue weighted by molar-refractivity contribution is 0.549. The maximum Gasteiger partial charge on any atom is 0.0418 e. The van der Waals surface area contributed by atoms with Crippen molar-refractivity contribution in [1.29, 1.82) is 0 Å². The van der Waals surface area contributed by atoms with Crippen molar-refractivity contribution >= 4 is 95.6 Å². The number of halogens is 6. The van der Waals surface area contributed by atoms with Crippen LogP contribution in [-0.4, -0.2) is 29.0 Å². The van der Waals surface area contributed by atoms with Crippen LogP contribution >= 0.6 is 95.6 Å². The third-order valence-electron chi connectivity index (χ3n) is 3.31. The Hall–Kier alpha value is 2.88. The van der Waals surface area contributed by atoms with Gasteiger partial charge in [0.05, 0.1) is 0 Å². The van der Waals surface area contributed by atoms with Crippen LogP contribution in [0.15, 0.2) is 0 Å². The normalized spacial score (nSPS) is 45.0. The molecule has 1 aliphatic carbocycles. The second-order valence-corrected chi connectivity index (χ2v) is 11.4. The molecule has 0 bridgehead atoms. The highest BCUT2D eigenvalue weighted by Crippen LogP contribution is 2.37. The van der Waals surface area contributed by atoms with Gasteiger partial charge in [0.25, 0.3) is 0 Å². The monoisotopic (exact) mass is 636 g/mol. The first kappa shape index (κ1) is 18.9. The molecule has 0 aromatic rings. The quantitative estimate of drug-likeness (QED) is 0.252. The van der Waals surface area contributed by atoms with Gasteiger partial charge in [-0.3, -0.25) is 0 Å². The summed E-state index contributed by atoms with van der Waals surface area (Å²) in [6, 6.07) is 0. The van der Waals surface area contributed by atoms with Crippen LogP contribution < -0.4 is 0 Å². The molecule has 1 saturated carbocycles. The van der Waals surface area contributed by atoms with E-state index in [0.717, 1.165) is 0 Å². The molecule has 0 amide bonds. The van der Waals surface area contributed by atoms with Crippen molar-refractivity contribution in [2.45, 2.75) is 67.5 Å². The van der Waals surface area contributed by atoms with Gasteiger partial charge in [0.2, 0.25) is 0 Å². The molecule has 0 nitrogen and oxygen atoms in total. The van der Waals surface area contributed by atoms with Crippen LogP contribution in [0.4, 0.5) is 0 Å². The van der Waals surface area contributed by atoms with Crippen LogP contribution in [0, 0.1) is 0 Å². The molecule has 6 atom stereocenters. The van der Waals surface area contributed by atoms with Crippen molar-refractivity contribution in [3.8, 4) is 0 Å². The standard InChI is InChI=1S/C12H18Br6/c13-7-5-3-1-2-4-6-8(14)10(16)12(18)11(17)9(7)15/h7-12H,1-6H2/t7-,8+,9-,10+,11-,12-/m0/s1. The number of rotatable bonds is 0. The zero-order valence-electron chi connectivity index (χ0n) is 9.97. The SMILES string of the molecule is Br[C@@H]1[C@@H](Br)[C@H](Br)[C@H](Br)CCCCCC[C@H](Br)[C@@H]1Br. The highest BCUT2D eigenvalue weighted by atomic mass is 79.9. The van der Waals surface area contributed by atoms with Crippen LogP contribution in [0.3, 0.4) is 0 Å². The van der Waals surface area contributed by atoms with Gasteiger partial charge in [-0.1, -0.05) is 121 Å². The summed E-state index contributed by atoms with van der Waals surface area (Å²) in [5.74, 6) is 0. The molecule has 0 aromatic heterocycles. The van der Waals surface area contributed by atoms with E-state index in [1.165, 1.54) is 38.5 Å². The zero-order chi connectivity index (χ0) is 13.7. The Kier molecular flexibility index (Phi) is 10.3. The second-order valence-electron chi connectivity index (χ2n) is 4.80. The number of hydrogen-bond acceptors (Lipinski definition) is 0. The summed E-state index contributed by atoms with van der Waals surface area (Å²) in [6.07, 6.45) is 7.80. The number of alkyl halides is 6. The summed E-state index contributed by atoms with van der Waals surface area (Å²) in [5, 5.41) is 0. The van der Waals surface area contributed by atoms with Crippen LogP contribution in [0.2, 0.25) is 0 Å². The Labute approximate surface area is 161 Å². The third kappa shape index (κ3) is 5.94. The maximum absolute atomic E-state index is 3.84. The first-order valence-electron chi connectivity index (χ1n) is 6.29. The van der Waals surface area contributed by atoms with E-state index in [9.17, 15) is 0 Å². The molecule has 0 spiro atoms. The van der Waals surface area contributed by atoms with Crippen molar-refractivity contribution in [3.05, 3.63) is 0 Å². The molecule has 0 radical (unpaired) electrons. The molecule has 0 unspecified atom stereocenters. The van der Waals surface area contributed by atoms with Gasteiger partial charge < -0.3 is 0 Å². The smallest absolute Gasteiger partial charge is 0.0418 e. The van der Waals surface area contributed by atoms with Crippen molar-refractivity contribution in [2.24, 2.45) is 0 Å².